The van der Waals surface area contributed by atoms with Gasteiger partial charge in [-0.1, -0.05) is 23.5 Å². The number of carbonyl (C=O) groups is 3. The van der Waals surface area contributed by atoms with Gasteiger partial charge in [-0.25, -0.2) is 4.98 Å². The van der Waals surface area contributed by atoms with Crippen molar-refractivity contribution < 1.29 is 19.1 Å². The van der Waals surface area contributed by atoms with Gasteiger partial charge in [0.15, 0.2) is 5.13 Å². The molecular weight excluding hydrogens is 392 g/mol. The first-order chi connectivity index (χ1) is 14.0. The molecule has 148 valence electrons. The molecule has 0 fully saturated rings. The Hall–Kier alpha value is -3.46. The second kappa shape index (κ2) is 7.88. The summed E-state index contributed by atoms with van der Waals surface area (Å²) in [5, 5.41) is 8.63. The summed E-state index contributed by atoms with van der Waals surface area (Å²) in [5.41, 5.74) is 1.63. The van der Waals surface area contributed by atoms with E-state index in [0.29, 0.717) is 16.4 Å². The maximum absolute atomic E-state index is 12.4. The van der Waals surface area contributed by atoms with Gasteiger partial charge in [-0.15, -0.1) is 0 Å². The summed E-state index contributed by atoms with van der Waals surface area (Å²) in [7, 11) is 1.59. The first kappa shape index (κ1) is 18.9. The highest BCUT2D eigenvalue weighted by molar-refractivity contribution is 7.22. The van der Waals surface area contributed by atoms with Crippen molar-refractivity contribution in [3.63, 3.8) is 0 Å². The van der Waals surface area contributed by atoms with Crippen LogP contribution in [0.2, 0.25) is 0 Å². The van der Waals surface area contributed by atoms with E-state index in [0.717, 1.165) is 16.0 Å². The Labute approximate surface area is 170 Å². The van der Waals surface area contributed by atoms with Crippen molar-refractivity contribution in [2.45, 2.75) is 18.9 Å². The molecule has 0 saturated carbocycles. The standard InChI is InChI=1S/C20H18N4O4S/c1-28-11-6-7-14-16(10-11)29-20(23-14)24-17(25)9-8-15-19(27)21-13-5-3-2-4-12(13)18(26)22-15/h2-7,10,15H,8-9H2,1H3,(H,21,27)(H,22,26)(H,23,24,25)/t15-/m1/s1. The lowest BCUT2D eigenvalue weighted by molar-refractivity contribution is -0.118. The monoisotopic (exact) mass is 410 g/mol. The van der Waals surface area contributed by atoms with Crippen molar-refractivity contribution in [3.8, 4) is 5.75 Å². The third kappa shape index (κ3) is 4.04. The molecule has 3 amide bonds. The highest BCUT2D eigenvalue weighted by Crippen LogP contribution is 2.29. The van der Waals surface area contributed by atoms with Crippen LogP contribution in [0.1, 0.15) is 23.2 Å². The Morgan fingerprint density at radius 3 is 2.90 bits per heavy atom. The lowest BCUT2D eigenvalue weighted by atomic mass is 10.1. The number of hydrogen-bond donors (Lipinski definition) is 3. The fraction of sp³-hybridized carbons (Fsp3) is 0.200. The number of ether oxygens (including phenoxy) is 1. The normalized spacial score (nSPS) is 15.8. The van der Waals surface area contributed by atoms with Gasteiger partial charge >= 0.3 is 0 Å². The Bertz CT molecular complexity index is 1110. The van der Waals surface area contributed by atoms with E-state index in [1.807, 2.05) is 12.1 Å². The van der Waals surface area contributed by atoms with Crippen LogP contribution in [0.3, 0.4) is 0 Å². The zero-order chi connectivity index (χ0) is 20.4. The third-order valence-corrected chi connectivity index (χ3v) is 5.49. The van der Waals surface area contributed by atoms with Crippen molar-refractivity contribution in [2.75, 3.05) is 17.7 Å². The predicted molar refractivity (Wildman–Crippen MR) is 110 cm³/mol. The first-order valence-corrected chi connectivity index (χ1v) is 9.80. The van der Waals surface area contributed by atoms with Crippen LogP contribution >= 0.6 is 11.3 Å². The van der Waals surface area contributed by atoms with Gasteiger partial charge in [0.2, 0.25) is 11.8 Å². The van der Waals surface area contributed by atoms with E-state index in [1.165, 1.54) is 11.3 Å². The molecule has 1 aliphatic rings. The summed E-state index contributed by atoms with van der Waals surface area (Å²) in [5.74, 6) is -0.248. The molecular formula is C20H18N4O4S. The molecule has 1 aromatic heterocycles. The Morgan fingerprint density at radius 2 is 2.07 bits per heavy atom. The second-order valence-electron chi connectivity index (χ2n) is 6.50. The summed E-state index contributed by atoms with van der Waals surface area (Å²) in [6.07, 6.45) is 0.240. The third-order valence-electron chi connectivity index (χ3n) is 4.55. The number of aromatic nitrogens is 1. The maximum atomic E-state index is 12.4. The summed E-state index contributed by atoms with van der Waals surface area (Å²) in [6, 6.07) is 11.5. The van der Waals surface area contributed by atoms with E-state index < -0.39 is 6.04 Å². The fourth-order valence-electron chi connectivity index (χ4n) is 3.06. The van der Waals surface area contributed by atoms with E-state index in [-0.39, 0.29) is 30.6 Å². The average molecular weight is 410 g/mol. The topological polar surface area (TPSA) is 109 Å². The zero-order valence-corrected chi connectivity index (χ0v) is 16.3. The number of carbonyl (C=O) groups excluding carboxylic acids is 3. The Morgan fingerprint density at radius 1 is 1.24 bits per heavy atom. The molecule has 1 atom stereocenters. The second-order valence-corrected chi connectivity index (χ2v) is 7.53. The minimum Gasteiger partial charge on any atom is -0.497 e. The van der Waals surface area contributed by atoms with E-state index in [1.54, 1.807) is 37.4 Å². The van der Waals surface area contributed by atoms with Gasteiger partial charge in [0, 0.05) is 6.42 Å². The molecule has 0 aliphatic carbocycles. The lowest BCUT2D eigenvalue weighted by Gasteiger charge is -2.13. The number of nitrogens with one attached hydrogen (secondary N) is 3. The van der Waals surface area contributed by atoms with E-state index in [9.17, 15) is 14.4 Å². The van der Waals surface area contributed by atoms with Gasteiger partial charge in [0.25, 0.3) is 5.91 Å². The van der Waals surface area contributed by atoms with Crippen molar-refractivity contribution in [1.29, 1.82) is 0 Å². The number of benzene rings is 2. The number of para-hydroxylation sites is 1. The number of fused-ring (bicyclic) bond motifs is 2. The van der Waals surface area contributed by atoms with Crippen molar-refractivity contribution in [2.24, 2.45) is 0 Å². The summed E-state index contributed by atoms with van der Waals surface area (Å²) >= 11 is 1.34. The van der Waals surface area contributed by atoms with Crippen molar-refractivity contribution in [1.82, 2.24) is 10.3 Å². The highest BCUT2D eigenvalue weighted by Gasteiger charge is 2.27. The highest BCUT2D eigenvalue weighted by atomic mass is 32.1. The Kier molecular flexibility index (Phi) is 5.13. The van der Waals surface area contributed by atoms with Crippen LogP contribution < -0.4 is 20.7 Å². The van der Waals surface area contributed by atoms with Gasteiger partial charge in [0.05, 0.1) is 28.6 Å². The van der Waals surface area contributed by atoms with Crippen LogP contribution in [0, 0.1) is 0 Å². The molecule has 0 unspecified atom stereocenters. The molecule has 0 radical (unpaired) electrons. The number of nitrogens with zero attached hydrogens (tertiary/aromatic N) is 1. The molecule has 4 rings (SSSR count). The molecule has 2 aromatic carbocycles. The lowest BCUT2D eigenvalue weighted by Crippen LogP contribution is -2.41. The summed E-state index contributed by atoms with van der Waals surface area (Å²) < 4.78 is 6.09. The number of methoxy groups -OCH3 is 1. The van der Waals surface area contributed by atoms with Crippen LogP contribution in [0.4, 0.5) is 10.8 Å². The van der Waals surface area contributed by atoms with E-state index >= 15 is 0 Å². The molecule has 9 heteroatoms. The molecule has 0 saturated heterocycles. The quantitative estimate of drug-likeness (QED) is 0.599. The Balaban J connectivity index is 1.38. The van der Waals surface area contributed by atoms with Gasteiger partial charge in [0.1, 0.15) is 11.8 Å². The van der Waals surface area contributed by atoms with Crippen LogP contribution in [0.5, 0.6) is 5.75 Å². The molecule has 0 spiro atoms. The summed E-state index contributed by atoms with van der Waals surface area (Å²) in [4.78, 5) is 41.4. The van der Waals surface area contributed by atoms with Crippen LogP contribution in [-0.2, 0) is 9.59 Å². The van der Waals surface area contributed by atoms with Gasteiger partial charge < -0.3 is 20.7 Å². The maximum Gasteiger partial charge on any atom is 0.254 e. The fourth-order valence-corrected chi connectivity index (χ4v) is 3.97. The minimum atomic E-state index is -0.791. The molecule has 29 heavy (non-hydrogen) atoms. The van der Waals surface area contributed by atoms with Crippen LogP contribution in [0.25, 0.3) is 10.2 Å². The molecule has 1 aliphatic heterocycles. The van der Waals surface area contributed by atoms with Gasteiger partial charge in [-0.2, -0.15) is 0 Å². The molecule has 3 N–H and O–H groups in total. The number of hydrogen-bond acceptors (Lipinski definition) is 6. The molecule has 0 bridgehead atoms. The van der Waals surface area contributed by atoms with Crippen molar-refractivity contribution in [3.05, 3.63) is 48.0 Å². The number of amides is 3. The van der Waals surface area contributed by atoms with Crippen LogP contribution in [-0.4, -0.2) is 35.9 Å². The first-order valence-electron chi connectivity index (χ1n) is 8.98. The van der Waals surface area contributed by atoms with Crippen LogP contribution in [0.15, 0.2) is 42.5 Å². The van der Waals surface area contributed by atoms with Gasteiger partial charge in [-0.05, 0) is 36.8 Å². The van der Waals surface area contributed by atoms with E-state index in [2.05, 4.69) is 20.9 Å². The summed E-state index contributed by atoms with van der Waals surface area (Å²) in [6.45, 7) is 0. The average Bonchev–Trinajstić information content (AvgIpc) is 3.06. The molecule has 8 nitrogen and oxygen atoms in total. The van der Waals surface area contributed by atoms with Gasteiger partial charge in [-0.3, -0.25) is 14.4 Å². The smallest absolute Gasteiger partial charge is 0.254 e. The zero-order valence-electron chi connectivity index (χ0n) is 15.5. The number of anilines is 2. The predicted octanol–water partition coefficient (Wildman–Crippen LogP) is 2.77. The molecule has 3 aromatic rings. The molecule has 2 heterocycles. The number of thiazole rings is 1. The van der Waals surface area contributed by atoms with E-state index in [4.69, 9.17) is 4.74 Å². The number of rotatable bonds is 5. The van der Waals surface area contributed by atoms with Crippen molar-refractivity contribution >= 4 is 50.1 Å². The largest absolute Gasteiger partial charge is 0.497 e. The minimum absolute atomic E-state index is 0.0635. The SMILES string of the molecule is COc1ccc2nc(NC(=O)CC[C@H]3NC(=O)c4ccccc4NC3=O)sc2c1.